The first-order valence-electron chi connectivity index (χ1n) is 10.9. The van der Waals surface area contributed by atoms with E-state index in [1.54, 1.807) is 42.5 Å². The first-order chi connectivity index (χ1) is 17.0. The van der Waals surface area contributed by atoms with E-state index in [9.17, 15) is 34.2 Å². The zero-order valence-electron chi connectivity index (χ0n) is 19.2. The largest absolute Gasteiger partial charge is 0.508 e. The van der Waals surface area contributed by atoms with Crippen molar-refractivity contribution in [2.24, 2.45) is 5.73 Å². The van der Waals surface area contributed by atoms with Crippen LogP contribution >= 0.6 is 0 Å². The van der Waals surface area contributed by atoms with Gasteiger partial charge in [0.05, 0.1) is 19.0 Å². The molecule has 3 atom stereocenters. The van der Waals surface area contributed by atoms with E-state index in [2.05, 4.69) is 16.0 Å². The van der Waals surface area contributed by atoms with Gasteiger partial charge in [-0.2, -0.15) is 0 Å². The third-order valence-electron chi connectivity index (χ3n) is 5.08. The number of phenols is 1. The molecule has 36 heavy (non-hydrogen) atoms. The third kappa shape index (κ3) is 9.43. The molecular formula is C24H28N4O8. The van der Waals surface area contributed by atoms with Gasteiger partial charge in [0.1, 0.15) is 17.8 Å². The molecule has 0 aliphatic carbocycles. The van der Waals surface area contributed by atoms with Gasteiger partial charge in [-0.15, -0.1) is 0 Å². The van der Waals surface area contributed by atoms with Crippen LogP contribution in [0.2, 0.25) is 0 Å². The number of rotatable bonds is 13. The molecule has 0 radical (unpaired) electrons. The van der Waals surface area contributed by atoms with Gasteiger partial charge in [0.2, 0.25) is 17.7 Å². The Balaban J connectivity index is 1.92. The van der Waals surface area contributed by atoms with Crippen LogP contribution in [0.3, 0.4) is 0 Å². The average molecular weight is 501 g/mol. The molecule has 0 bridgehead atoms. The Morgan fingerprint density at radius 2 is 1.39 bits per heavy atom. The average Bonchev–Trinajstić information content (AvgIpc) is 2.83. The van der Waals surface area contributed by atoms with Gasteiger partial charge in [0.25, 0.3) is 0 Å². The molecule has 192 valence electrons. The molecular weight excluding hydrogens is 472 g/mol. The van der Waals surface area contributed by atoms with Crippen molar-refractivity contribution in [3.05, 3.63) is 65.7 Å². The van der Waals surface area contributed by atoms with Crippen molar-refractivity contribution in [3.63, 3.8) is 0 Å². The smallest absolute Gasteiger partial charge is 0.326 e. The van der Waals surface area contributed by atoms with E-state index in [0.29, 0.717) is 11.1 Å². The number of nitrogens with two attached hydrogens (primary N) is 1. The summed E-state index contributed by atoms with van der Waals surface area (Å²) < 4.78 is 0. The molecule has 0 fully saturated rings. The number of carbonyl (C=O) groups excluding carboxylic acids is 3. The van der Waals surface area contributed by atoms with Crippen molar-refractivity contribution in [1.29, 1.82) is 0 Å². The summed E-state index contributed by atoms with van der Waals surface area (Å²) in [6, 6.07) is 10.7. The number of benzene rings is 2. The van der Waals surface area contributed by atoms with Crippen LogP contribution in [0, 0.1) is 0 Å². The lowest BCUT2D eigenvalue weighted by Crippen LogP contribution is -2.54. The van der Waals surface area contributed by atoms with Gasteiger partial charge < -0.3 is 37.0 Å². The van der Waals surface area contributed by atoms with E-state index in [1.807, 2.05) is 0 Å². The highest BCUT2D eigenvalue weighted by Gasteiger charge is 2.27. The lowest BCUT2D eigenvalue weighted by atomic mass is 10.0. The Bertz CT molecular complexity index is 1080. The number of aromatic hydroxyl groups is 1. The lowest BCUT2D eigenvalue weighted by Gasteiger charge is -2.20. The van der Waals surface area contributed by atoms with Crippen molar-refractivity contribution >= 4 is 29.7 Å². The van der Waals surface area contributed by atoms with Gasteiger partial charge in [0, 0.05) is 6.42 Å². The van der Waals surface area contributed by atoms with E-state index in [0.717, 1.165) is 0 Å². The van der Waals surface area contributed by atoms with Gasteiger partial charge in [0.15, 0.2) is 0 Å². The molecule has 12 heteroatoms. The molecule has 0 heterocycles. The van der Waals surface area contributed by atoms with Crippen LogP contribution in [-0.2, 0) is 36.8 Å². The molecule has 2 rings (SSSR count). The number of nitrogens with one attached hydrogen (secondary N) is 3. The first-order valence-corrected chi connectivity index (χ1v) is 10.9. The molecule has 0 aliphatic rings. The number of carboxylic acids is 2. The van der Waals surface area contributed by atoms with Crippen molar-refractivity contribution in [2.45, 2.75) is 37.4 Å². The van der Waals surface area contributed by atoms with Crippen LogP contribution in [0.5, 0.6) is 5.75 Å². The summed E-state index contributed by atoms with van der Waals surface area (Å²) in [5.74, 6) is -5.15. The van der Waals surface area contributed by atoms with E-state index >= 15 is 0 Å². The first kappa shape index (κ1) is 27.8. The molecule has 0 saturated carbocycles. The maximum atomic E-state index is 12.5. The minimum absolute atomic E-state index is 0.0203. The van der Waals surface area contributed by atoms with Gasteiger partial charge in [-0.05, 0) is 29.7 Å². The highest BCUT2D eigenvalue weighted by Crippen LogP contribution is 2.11. The van der Waals surface area contributed by atoms with Crippen LogP contribution in [0.1, 0.15) is 17.5 Å². The molecule has 2 aromatic rings. The summed E-state index contributed by atoms with van der Waals surface area (Å²) in [5.41, 5.74) is 7.18. The monoisotopic (exact) mass is 500 g/mol. The normalized spacial score (nSPS) is 13.0. The number of amides is 3. The van der Waals surface area contributed by atoms with Crippen molar-refractivity contribution in [1.82, 2.24) is 16.0 Å². The topological polar surface area (TPSA) is 208 Å². The quantitative estimate of drug-likeness (QED) is 0.182. The number of hydrogen-bond acceptors (Lipinski definition) is 7. The predicted molar refractivity (Wildman–Crippen MR) is 127 cm³/mol. The Morgan fingerprint density at radius 1 is 0.778 bits per heavy atom. The van der Waals surface area contributed by atoms with E-state index in [4.69, 9.17) is 10.8 Å². The standard InChI is InChI=1S/C24H28N4O8/c25-17(10-15-6-8-16(29)9-7-15)22(33)28-18(12-21(31)32)23(34)26-13-20(30)27-19(24(35)36)11-14-4-2-1-3-5-14/h1-9,17-19,29H,10-13,25H2,(H,26,34)(H,27,30)(H,28,33)(H,31,32)(H,35,36). The summed E-state index contributed by atoms with van der Waals surface area (Å²) in [6.45, 7) is -0.636. The van der Waals surface area contributed by atoms with Crippen LogP contribution in [0.25, 0.3) is 0 Å². The summed E-state index contributed by atoms with van der Waals surface area (Å²) >= 11 is 0. The van der Waals surface area contributed by atoms with Crippen LogP contribution in [-0.4, -0.2) is 69.7 Å². The summed E-state index contributed by atoms with van der Waals surface area (Å²) in [6.07, 6.45) is -0.683. The molecule has 2 aromatic carbocycles. The SMILES string of the molecule is NC(Cc1ccc(O)cc1)C(=O)NC(CC(=O)O)C(=O)NCC(=O)NC(Cc1ccccc1)C(=O)O. The van der Waals surface area contributed by atoms with Crippen molar-refractivity contribution < 1.29 is 39.3 Å². The molecule has 0 aromatic heterocycles. The van der Waals surface area contributed by atoms with Crippen LogP contribution < -0.4 is 21.7 Å². The van der Waals surface area contributed by atoms with E-state index in [1.165, 1.54) is 12.1 Å². The van der Waals surface area contributed by atoms with Crippen molar-refractivity contribution in [3.8, 4) is 5.75 Å². The number of phenolic OH excluding ortho intramolecular Hbond substituents is 1. The highest BCUT2D eigenvalue weighted by molar-refractivity contribution is 5.94. The second kappa shape index (κ2) is 13.4. The van der Waals surface area contributed by atoms with Gasteiger partial charge in [-0.25, -0.2) is 4.79 Å². The second-order valence-corrected chi connectivity index (χ2v) is 8.00. The summed E-state index contributed by atoms with van der Waals surface area (Å²) in [4.78, 5) is 59.8. The molecule has 0 saturated heterocycles. The third-order valence-corrected chi connectivity index (χ3v) is 5.08. The summed E-state index contributed by atoms with van der Waals surface area (Å²) in [7, 11) is 0. The molecule has 3 unspecified atom stereocenters. The fourth-order valence-corrected chi connectivity index (χ4v) is 3.23. The van der Waals surface area contributed by atoms with Crippen molar-refractivity contribution in [2.75, 3.05) is 6.54 Å². The zero-order valence-corrected chi connectivity index (χ0v) is 19.2. The molecule has 12 nitrogen and oxygen atoms in total. The maximum Gasteiger partial charge on any atom is 0.326 e. The Labute approximate surface area is 206 Å². The Hall–Kier alpha value is -4.45. The lowest BCUT2D eigenvalue weighted by molar-refractivity contribution is -0.142. The number of carbonyl (C=O) groups is 5. The molecule has 8 N–H and O–H groups in total. The van der Waals surface area contributed by atoms with E-state index in [-0.39, 0.29) is 18.6 Å². The molecule has 0 aliphatic heterocycles. The maximum absolute atomic E-state index is 12.5. The molecule has 3 amide bonds. The predicted octanol–water partition coefficient (Wildman–Crippen LogP) is -0.850. The Kier molecular flexibility index (Phi) is 10.4. The fourth-order valence-electron chi connectivity index (χ4n) is 3.23. The summed E-state index contributed by atoms with van der Waals surface area (Å²) in [5, 5.41) is 34.6. The van der Waals surface area contributed by atoms with Gasteiger partial charge in [-0.3, -0.25) is 19.2 Å². The minimum atomic E-state index is -1.52. The minimum Gasteiger partial charge on any atom is -0.508 e. The number of carboxylic acid groups (broad SMARTS) is 2. The van der Waals surface area contributed by atoms with Crippen LogP contribution in [0.4, 0.5) is 0 Å². The number of aliphatic carboxylic acids is 2. The zero-order chi connectivity index (χ0) is 26.7. The van der Waals surface area contributed by atoms with Gasteiger partial charge in [-0.1, -0.05) is 42.5 Å². The second-order valence-electron chi connectivity index (χ2n) is 8.00. The van der Waals surface area contributed by atoms with Gasteiger partial charge >= 0.3 is 11.9 Å². The Morgan fingerprint density at radius 3 is 1.97 bits per heavy atom. The fraction of sp³-hybridized carbons (Fsp3) is 0.292. The van der Waals surface area contributed by atoms with Crippen LogP contribution in [0.15, 0.2) is 54.6 Å². The molecule has 0 spiro atoms. The highest BCUT2D eigenvalue weighted by atomic mass is 16.4. The van der Waals surface area contributed by atoms with E-state index < -0.39 is 60.8 Å². The number of hydrogen-bond donors (Lipinski definition) is 7.